The van der Waals surface area contributed by atoms with Gasteiger partial charge in [0.25, 0.3) is 0 Å². The third kappa shape index (κ3) is 2.65. The molecule has 1 saturated carbocycles. The van der Waals surface area contributed by atoms with Crippen molar-refractivity contribution < 1.29 is 0 Å². The molecule has 1 aromatic heterocycles. The standard InChI is InChI=1S/C11H18N4/c1-7-8(2)15-11(6-13-7)14-5-10(12)9-3-4-9/h6,9-10H,3-5,12H2,1-2H3,(H,14,15). The Morgan fingerprint density at radius 3 is 2.80 bits per heavy atom. The lowest BCUT2D eigenvalue weighted by Gasteiger charge is -2.12. The Morgan fingerprint density at radius 1 is 1.47 bits per heavy atom. The highest BCUT2D eigenvalue weighted by molar-refractivity contribution is 5.33. The van der Waals surface area contributed by atoms with Crippen molar-refractivity contribution in [3.8, 4) is 0 Å². The van der Waals surface area contributed by atoms with Crippen LogP contribution in [-0.2, 0) is 0 Å². The van der Waals surface area contributed by atoms with E-state index in [0.29, 0.717) is 0 Å². The number of aromatic nitrogens is 2. The van der Waals surface area contributed by atoms with Crippen LogP contribution in [0.25, 0.3) is 0 Å². The number of anilines is 1. The minimum absolute atomic E-state index is 0.258. The summed E-state index contributed by atoms with van der Waals surface area (Å²) in [5, 5.41) is 3.24. The minimum Gasteiger partial charge on any atom is -0.367 e. The van der Waals surface area contributed by atoms with Gasteiger partial charge in [-0.25, -0.2) is 4.98 Å². The van der Waals surface area contributed by atoms with Gasteiger partial charge in [-0.1, -0.05) is 0 Å². The van der Waals surface area contributed by atoms with Crippen molar-refractivity contribution in [2.24, 2.45) is 11.7 Å². The van der Waals surface area contributed by atoms with Crippen LogP contribution in [-0.4, -0.2) is 22.6 Å². The van der Waals surface area contributed by atoms with Crippen LogP contribution in [0.4, 0.5) is 5.82 Å². The lowest BCUT2D eigenvalue weighted by molar-refractivity contribution is 0.619. The van der Waals surface area contributed by atoms with Gasteiger partial charge in [-0.2, -0.15) is 0 Å². The molecule has 4 heteroatoms. The second-order valence-corrected chi connectivity index (χ2v) is 4.31. The molecule has 1 aromatic rings. The predicted molar refractivity (Wildman–Crippen MR) is 60.7 cm³/mol. The molecule has 0 amide bonds. The average Bonchev–Trinajstić information content (AvgIpc) is 3.03. The van der Waals surface area contributed by atoms with Crippen LogP contribution in [0, 0.1) is 19.8 Å². The van der Waals surface area contributed by atoms with E-state index in [1.807, 2.05) is 13.8 Å². The van der Waals surface area contributed by atoms with Crippen LogP contribution in [0.1, 0.15) is 24.2 Å². The highest BCUT2D eigenvalue weighted by atomic mass is 15.0. The highest BCUT2D eigenvalue weighted by Crippen LogP contribution is 2.31. The molecular weight excluding hydrogens is 188 g/mol. The first-order valence-electron chi connectivity index (χ1n) is 5.46. The van der Waals surface area contributed by atoms with Crippen LogP contribution >= 0.6 is 0 Å². The molecule has 1 heterocycles. The van der Waals surface area contributed by atoms with Gasteiger partial charge in [-0.3, -0.25) is 4.98 Å². The Hall–Kier alpha value is -1.16. The SMILES string of the molecule is Cc1ncc(NCC(N)C2CC2)nc1C. The van der Waals surface area contributed by atoms with E-state index in [1.165, 1.54) is 12.8 Å². The Labute approximate surface area is 90.3 Å². The fraction of sp³-hybridized carbons (Fsp3) is 0.636. The van der Waals surface area contributed by atoms with Crippen molar-refractivity contribution in [2.75, 3.05) is 11.9 Å². The molecule has 3 N–H and O–H groups in total. The molecule has 0 radical (unpaired) electrons. The van der Waals surface area contributed by atoms with E-state index >= 15 is 0 Å². The number of nitrogens with zero attached hydrogens (tertiary/aromatic N) is 2. The largest absolute Gasteiger partial charge is 0.367 e. The third-order valence-electron chi connectivity index (χ3n) is 2.94. The first-order valence-corrected chi connectivity index (χ1v) is 5.46. The number of rotatable bonds is 4. The molecule has 0 bridgehead atoms. The predicted octanol–water partition coefficient (Wildman–Crippen LogP) is 1.24. The zero-order valence-electron chi connectivity index (χ0n) is 9.33. The summed E-state index contributed by atoms with van der Waals surface area (Å²) in [4.78, 5) is 8.65. The maximum absolute atomic E-state index is 5.98. The van der Waals surface area contributed by atoms with Gasteiger partial charge in [0, 0.05) is 12.6 Å². The van der Waals surface area contributed by atoms with Crippen molar-refractivity contribution in [1.29, 1.82) is 0 Å². The molecule has 82 valence electrons. The van der Waals surface area contributed by atoms with E-state index in [2.05, 4.69) is 15.3 Å². The van der Waals surface area contributed by atoms with E-state index in [9.17, 15) is 0 Å². The van der Waals surface area contributed by atoms with Gasteiger partial charge < -0.3 is 11.1 Å². The van der Waals surface area contributed by atoms with Crippen molar-refractivity contribution >= 4 is 5.82 Å². The van der Waals surface area contributed by atoms with Crippen LogP contribution < -0.4 is 11.1 Å². The molecular formula is C11H18N4. The fourth-order valence-corrected chi connectivity index (χ4v) is 1.54. The third-order valence-corrected chi connectivity index (χ3v) is 2.94. The van der Waals surface area contributed by atoms with Gasteiger partial charge in [0.2, 0.25) is 0 Å². The molecule has 1 aliphatic carbocycles. The summed E-state index contributed by atoms with van der Waals surface area (Å²) in [6.07, 6.45) is 4.32. The van der Waals surface area contributed by atoms with E-state index in [0.717, 1.165) is 29.7 Å². The summed E-state index contributed by atoms with van der Waals surface area (Å²) in [5.41, 5.74) is 7.94. The molecule has 0 aliphatic heterocycles. The number of aryl methyl sites for hydroxylation is 2. The second-order valence-electron chi connectivity index (χ2n) is 4.31. The van der Waals surface area contributed by atoms with E-state index in [4.69, 9.17) is 5.73 Å². The van der Waals surface area contributed by atoms with Crippen LogP contribution in [0.5, 0.6) is 0 Å². The molecule has 1 aliphatic rings. The lowest BCUT2D eigenvalue weighted by atomic mass is 10.2. The molecule has 1 fully saturated rings. The second kappa shape index (κ2) is 4.14. The topological polar surface area (TPSA) is 63.8 Å². The molecule has 0 aromatic carbocycles. The van der Waals surface area contributed by atoms with Gasteiger partial charge in [0.15, 0.2) is 0 Å². The highest BCUT2D eigenvalue weighted by Gasteiger charge is 2.28. The van der Waals surface area contributed by atoms with Gasteiger partial charge in [0.1, 0.15) is 5.82 Å². The summed E-state index contributed by atoms with van der Waals surface area (Å²) in [6, 6.07) is 0.258. The zero-order valence-corrected chi connectivity index (χ0v) is 9.33. The quantitative estimate of drug-likeness (QED) is 0.778. The van der Waals surface area contributed by atoms with E-state index in [1.54, 1.807) is 6.20 Å². The maximum atomic E-state index is 5.98. The fourth-order valence-electron chi connectivity index (χ4n) is 1.54. The maximum Gasteiger partial charge on any atom is 0.144 e. The van der Waals surface area contributed by atoms with Crippen molar-refractivity contribution in [2.45, 2.75) is 32.7 Å². The molecule has 0 saturated heterocycles. The van der Waals surface area contributed by atoms with Gasteiger partial charge in [0.05, 0.1) is 17.6 Å². The van der Waals surface area contributed by atoms with Gasteiger partial charge in [-0.15, -0.1) is 0 Å². The van der Waals surface area contributed by atoms with E-state index in [-0.39, 0.29) is 6.04 Å². The lowest BCUT2D eigenvalue weighted by Crippen LogP contribution is -2.31. The molecule has 15 heavy (non-hydrogen) atoms. The summed E-state index contributed by atoms with van der Waals surface area (Å²) >= 11 is 0. The number of nitrogens with two attached hydrogens (primary N) is 1. The Kier molecular flexibility index (Phi) is 2.86. The summed E-state index contributed by atoms with van der Waals surface area (Å²) in [6.45, 7) is 4.72. The van der Waals surface area contributed by atoms with Gasteiger partial charge in [-0.05, 0) is 32.6 Å². The van der Waals surface area contributed by atoms with Crippen LogP contribution in [0.15, 0.2) is 6.20 Å². The minimum atomic E-state index is 0.258. The summed E-state index contributed by atoms with van der Waals surface area (Å²) < 4.78 is 0. The number of hydrogen-bond acceptors (Lipinski definition) is 4. The molecule has 1 unspecified atom stereocenters. The van der Waals surface area contributed by atoms with Crippen molar-refractivity contribution in [1.82, 2.24) is 9.97 Å². The number of hydrogen-bond donors (Lipinski definition) is 2. The monoisotopic (exact) mass is 206 g/mol. The van der Waals surface area contributed by atoms with E-state index < -0.39 is 0 Å². The first kappa shape index (κ1) is 10.4. The van der Waals surface area contributed by atoms with Crippen LogP contribution in [0.2, 0.25) is 0 Å². The number of nitrogens with one attached hydrogen (secondary N) is 1. The Morgan fingerprint density at radius 2 is 2.20 bits per heavy atom. The molecule has 1 atom stereocenters. The summed E-state index contributed by atoms with van der Waals surface area (Å²) in [7, 11) is 0. The molecule has 2 rings (SSSR count). The average molecular weight is 206 g/mol. The summed E-state index contributed by atoms with van der Waals surface area (Å²) in [5.74, 6) is 1.55. The first-order chi connectivity index (χ1) is 7.16. The van der Waals surface area contributed by atoms with Gasteiger partial charge >= 0.3 is 0 Å². The normalized spacial score (nSPS) is 17.5. The Balaban J connectivity index is 1.89. The van der Waals surface area contributed by atoms with Crippen molar-refractivity contribution in [3.05, 3.63) is 17.6 Å². The smallest absolute Gasteiger partial charge is 0.144 e. The zero-order chi connectivity index (χ0) is 10.8. The molecule has 4 nitrogen and oxygen atoms in total. The Bertz CT molecular complexity index is 346. The van der Waals surface area contributed by atoms with Crippen LogP contribution in [0.3, 0.4) is 0 Å². The molecule has 0 spiro atoms. The van der Waals surface area contributed by atoms with Crippen molar-refractivity contribution in [3.63, 3.8) is 0 Å².